The lowest BCUT2D eigenvalue weighted by molar-refractivity contribution is -0.139. The average molecular weight is 371 g/mol. The lowest BCUT2D eigenvalue weighted by atomic mass is 10.0. The molecule has 128 valence electrons. The highest BCUT2D eigenvalue weighted by Crippen LogP contribution is 2.29. The van der Waals surface area contributed by atoms with Gasteiger partial charge in [-0.2, -0.15) is 0 Å². The number of thioether (sulfide) groups is 1. The van der Waals surface area contributed by atoms with E-state index in [1.807, 2.05) is 50.2 Å². The third kappa shape index (κ3) is 4.46. The van der Waals surface area contributed by atoms with Gasteiger partial charge in [-0.15, -0.1) is 11.3 Å². The van der Waals surface area contributed by atoms with Gasteiger partial charge in [-0.25, -0.2) is 4.98 Å². The molecule has 0 unspecified atom stereocenters. The molecule has 0 saturated carbocycles. The fourth-order valence-corrected chi connectivity index (χ4v) is 4.29. The molecule has 0 radical (unpaired) electrons. The van der Waals surface area contributed by atoms with Crippen molar-refractivity contribution in [2.24, 2.45) is 0 Å². The van der Waals surface area contributed by atoms with Crippen molar-refractivity contribution < 1.29 is 14.3 Å². The molecule has 0 amide bonds. The van der Waals surface area contributed by atoms with Crippen molar-refractivity contribution in [3.05, 3.63) is 59.2 Å². The van der Waals surface area contributed by atoms with Crippen LogP contribution in [0, 0.1) is 13.8 Å². The number of hydrogen-bond donors (Lipinski definition) is 0. The molecule has 0 saturated heterocycles. The number of carbonyl (C=O) groups excluding carboxylic acids is 2. The van der Waals surface area contributed by atoms with Crippen molar-refractivity contribution in [1.29, 1.82) is 0 Å². The molecule has 0 spiro atoms. The summed E-state index contributed by atoms with van der Waals surface area (Å²) in [6, 6.07) is 13.4. The van der Waals surface area contributed by atoms with Crippen LogP contribution in [0.1, 0.15) is 21.5 Å². The first-order valence-corrected chi connectivity index (χ1v) is 9.57. The minimum atomic E-state index is -0.414. The Balaban J connectivity index is 1.51. The van der Waals surface area contributed by atoms with E-state index in [1.54, 1.807) is 17.4 Å². The smallest absolute Gasteiger partial charge is 0.316 e. The zero-order valence-electron chi connectivity index (χ0n) is 13.9. The van der Waals surface area contributed by atoms with Crippen LogP contribution in [0.3, 0.4) is 0 Å². The predicted octanol–water partition coefficient (Wildman–Crippen LogP) is 4.43. The molecule has 3 aromatic rings. The Kier molecular flexibility index (Phi) is 5.50. The number of hydrogen-bond acceptors (Lipinski definition) is 6. The molecule has 2 aromatic carbocycles. The third-order valence-corrected chi connectivity index (χ3v) is 5.79. The fraction of sp³-hybridized carbons (Fsp3) is 0.211. The molecule has 0 aliphatic carbocycles. The quantitative estimate of drug-likeness (QED) is 0.364. The molecule has 25 heavy (non-hydrogen) atoms. The highest BCUT2D eigenvalue weighted by atomic mass is 32.2. The molecule has 0 aliphatic rings. The van der Waals surface area contributed by atoms with Gasteiger partial charge in [0, 0.05) is 5.56 Å². The Bertz CT molecular complexity index is 900. The first-order valence-electron chi connectivity index (χ1n) is 7.77. The Morgan fingerprint density at radius 3 is 2.72 bits per heavy atom. The van der Waals surface area contributed by atoms with Crippen LogP contribution in [0.15, 0.2) is 46.8 Å². The number of benzene rings is 2. The summed E-state index contributed by atoms with van der Waals surface area (Å²) in [7, 11) is 0. The third-order valence-electron chi connectivity index (χ3n) is 3.63. The number of ether oxygens (including phenoxy) is 1. The summed E-state index contributed by atoms with van der Waals surface area (Å²) >= 11 is 2.87. The van der Waals surface area contributed by atoms with Crippen molar-refractivity contribution in [2.45, 2.75) is 18.2 Å². The molecule has 0 atom stereocenters. The van der Waals surface area contributed by atoms with Crippen molar-refractivity contribution in [3.63, 3.8) is 0 Å². The van der Waals surface area contributed by atoms with E-state index in [9.17, 15) is 9.59 Å². The van der Waals surface area contributed by atoms with Crippen LogP contribution >= 0.6 is 23.1 Å². The van der Waals surface area contributed by atoms with Crippen LogP contribution in [-0.2, 0) is 9.53 Å². The Labute approximate surface area is 154 Å². The van der Waals surface area contributed by atoms with Crippen LogP contribution in [0.4, 0.5) is 0 Å². The molecule has 4 nitrogen and oxygen atoms in total. The highest BCUT2D eigenvalue weighted by Gasteiger charge is 2.13. The first kappa shape index (κ1) is 17.6. The number of ketones is 1. The predicted molar refractivity (Wildman–Crippen MR) is 102 cm³/mol. The number of thiazole rings is 1. The molecule has 0 fully saturated rings. The number of carbonyl (C=O) groups is 2. The van der Waals surface area contributed by atoms with E-state index in [0.717, 1.165) is 25.7 Å². The minimum Gasteiger partial charge on any atom is -0.457 e. The van der Waals surface area contributed by atoms with Crippen LogP contribution in [-0.4, -0.2) is 29.1 Å². The first-order chi connectivity index (χ1) is 12.0. The minimum absolute atomic E-state index is 0.139. The van der Waals surface area contributed by atoms with Crippen LogP contribution in [0.25, 0.3) is 10.2 Å². The fourth-order valence-electron chi connectivity index (χ4n) is 2.43. The second-order valence-corrected chi connectivity index (χ2v) is 7.89. The van der Waals surface area contributed by atoms with Gasteiger partial charge in [-0.05, 0) is 31.5 Å². The van der Waals surface area contributed by atoms with Gasteiger partial charge in [-0.1, -0.05) is 47.7 Å². The number of aryl methyl sites for hydroxylation is 2. The largest absolute Gasteiger partial charge is 0.457 e. The van der Waals surface area contributed by atoms with Gasteiger partial charge < -0.3 is 4.74 Å². The average Bonchev–Trinajstić information content (AvgIpc) is 3.01. The number of para-hydroxylation sites is 1. The van der Waals surface area contributed by atoms with E-state index in [-0.39, 0.29) is 18.1 Å². The zero-order chi connectivity index (χ0) is 17.8. The number of esters is 1. The summed E-state index contributed by atoms with van der Waals surface area (Å²) in [5.74, 6) is -0.460. The maximum absolute atomic E-state index is 12.2. The molecular weight excluding hydrogens is 354 g/mol. The van der Waals surface area contributed by atoms with Gasteiger partial charge in [0.15, 0.2) is 10.9 Å². The Hall–Kier alpha value is -2.18. The normalized spacial score (nSPS) is 10.8. The van der Waals surface area contributed by atoms with Gasteiger partial charge in [0.2, 0.25) is 5.78 Å². The van der Waals surface area contributed by atoms with E-state index in [2.05, 4.69) is 4.98 Å². The van der Waals surface area contributed by atoms with Crippen molar-refractivity contribution in [2.75, 3.05) is 12.4 Å². The molecule has 6 heteroatoms. The number of nitrogens with zero attached hydrogens (tertiary/aromatic N) is 1. The second kappa shape index (κ2) is 7.80. The maximum Gasteiger partial charge on any atom is 0.316 e. The number of rotatable bonds is 6. The van der Waals surface area contributed by atoms with E-state index in [4.69, 9.17) is 4.74 Å². The van der Waals surface area contributed by atoms with E-state index in [1.165, 1.54) is 11.8 Å². The summed E-state index contributed by atoms with van der Waals surface area (Å²) in [4.78, 5) is 28.5. The molecule has 1 heterocycles. The molecular formula is C19H17NO3S2. The molecule has 0 N–H and O–H groups in total. The summed E-state index contributed by atoms with van der Waals surface area (Å²) in [5, 5.41) is 0. The summed E-state index contributed by atoms with van der Waals surface area (Å²) < 4.78 is 7.01. The zero-order valence-corrected chi connectivity index (χ0v) is 15.6. The van der Waals surface area contributed by atoms with Gasteiger partial charge in [0.25, 0.3) is 0 Å². The number of fused-ring (bicyclic) bond motifs is 1. The van der Waals surface area contributed by atoms with Crippen LogP contribution in [0.2, 0.25) is 0 Å². The van der Waals surface area contributed by atoms with Gasteiger partial charge in [0.1, 0.15) is 0 Å². The molecule has 3 rings (SSSR count). The summed E-state index contributed by atoms with van der Waals surface area (Å²) in [5.41, 5.74) is 3.51. The number of Topliss-reactive ketones (excluding diaryl/α,β-unsaturated/α-hetero) is 1. The molecule has 0 bridgehead atoms. The lowest BCUT2D eigenvalue weighted by Gasteiger charge is -2.07. The second-order valence-electron chi connectivity index (χ2n) is 5.64. The highest BCUT2D eigenvalue weighted by molar-refractivity contribution is 8.01. The Morgan fingerprint density at radius 1 is 1.16 bits per heavy atom. The van der Waals surface area contributed by atoms with Gasteiger partial charge in [0.05, 0.1) is 16.0 Å². The van der Waals surface area contributed by atoms with Gasteiger partial charge in [-0.3, -0.25) is 9.59 Å². The van der Waals surface area contributed by atoms with Crippen LogP contribution < -0.4 is 0 Å². The van der Waals surface area contributed by atoms with E-state index < -0.39 is 5.97 Å². The standard InChI is InChI=1S/C19H17NO3S2/c1-12-7-8-14(13(2)9-12)16(21)10-23-18(22)11-24-19-20-15-5-3-4-6-17(15)25-19/h3-9H,10-11H2,1-2H3. The van der Waals surface area contributed by atoms with Crippen molar-refractivity contribution in [1.82, 2.24) is 4.98 Å². The van der Waals surface area contributed by atoms with Crippen molar-refractivity contribution >= 4 is 45.1 Å². The van der Waals surface area contributed by atoms with E-state index in [0.29, 0.717) is 5.56 Å². The summed E-state index contributed by atoms with van der Waals surface area (Å²) in [6.45, 7) is 3.62. The van der Waals surface area contributed by atoms with Crippen molar-refractivity contribution in [3.8, 4) is 0 Å². The number of aromatic nitrogens is 1. The maximum atomic E-state index is 12.2. The van der Waals surface area contributed by atoms with Crippen LogP contribution in [0.5, 0.6) is 0 Å². The lowest BCUT2D eigenvalue weighted by Crippen LogP contribution is -2.16. The Morgan fingerprint density at radius 2 is 1.96 bits per heavy atom. The molecule has 1 aromatic heterocycles. The SMILES string of the molecule is Cc1ccc(C(=O)COC(=O)CSc2nc3ccccc3s2)c(C)c1. The van der Waals surface area contributed by atoms with Gasteiger partial charge >= 0.3 is 5.97 Å². The molecule has 0 aliphatic heterocycles. The topological polar surface area (TPSA) is 56.3 Å². The monoisotopic (exact) mass is 371 g/mol. The van der Waals surface area contributed by atoms with E-state index >= 15 is 0 Å². The summed E-state index contributed by atoms with van der Waals surface area (Å²) in [6.07, 6.45) is 0.